The molecule has 184 valence electrons. The quantitative estimate of drug-likeness (QED) is 0.340. The highest BCUT2D eigenvalue weighted by atomic mass is 79.9. The molecule has 3 unspecified atom stereocenters. The predicted octanol–water partition coefficient (Wildman–Crippen LogP) is 0.389. The van der Waals surface area contributed by atoms with E-state index in [-0.39, 0.29) is 28.0 Å². The molecule has 1 aliphatic heterocycles. The average Bonchev–Trinajstić information content (AvgIpc) is 3.08. The number of carbonyl (C=O) groups is 1. The standard InChI is InChI=1S/C20H22BrN3O10/c1-9-6-22(18-16(27)15(26)14(7-25)34-18)19(29)23(17(9)28)20(30)33-8-10(2)12-5-11(21)3-4-13(12)24(31)32/h3-6,10,14-16,18,25-27H,7-8H2,1-2H3/t10?,14-,15?,16?,18-/m1/s1. The first kappa shape index (κ1) is 25.7. The molecule has 1 aromatic carbocycles. The Morgan fingerprint density at radius 2 is 2.00 bits per heavy atom. The maximum Gasteiger partial charge on any atom is 0.425 e. The van der Waals surface area contributed by atoms with Gasteiger partial charge in [0.05, 0.1) is 11.5 Å². The highest BCUT2D eigenvalue weighted by molar-refractivity contribution is 9.10. The molecule has 0 spiro atoms. The van der Waals surface area contributed by atoms with E-state index in [0.717, 1.165) is 10.8 Å². The number of hydrogen-bond donors (Lipinski definition) is 3. The zero-order valence-electron chi connectivity index (χ0n) is 18.0. The minimum atomic E-state index is -1.62. The molecule has 2 aromatic rings. The van der Waals surface area contributed by atoms with Crippen LogP contribution in [0.5, 0.6) is 0 Å². The summed E-state index contributed by atoms with van der Waals surface area (Å²) in [7, 11) is 0. The maximum absolute atomic E-state index is 12.9. The Bertz CT molecular complexity index is 1230. The Labute approximate surface area is 200 Å². The van der Waals surface area contributed by atoms with Crippen molar-refractivity contribution in [2.24, 2.45) is 0 Å². The summed E-state index contributed by atoms with van der Waals surface area (Å²) < 4.78 is 12.0. The number of nitro groups is 1. The van der Waals surface area contributed by atoms with Gasteiger partial charge in [0.1, 0.15) is 24.9 Å². The van der Waals surface area contributed by atoms with Gasteiger partial charge >= 0.3 is 11.8 Å². The minimum Gasteiger partial charge on any atom is -0.448 e. The Balaban J connectivity index is 1.89. The number of benzene rings is 1. The second-order valence-electron chi connectivity index (χ2n) is 7.81. The van der Waals surface area contributed by atoms with E-state index >= 15 is 0 Å². The summed E-state index contributed by atoms with van der Waals surface area (Å²) in [5, 5.41) is 40.7. The molecule has 1 saturated heterocycles. The van der Waals surface area contributed by atoms with E-state index in [1.807, 2.05) is 0 Å². The first-order valence-electron chi connectivity index (χ1n) is 10.1. The highest BCUT2D eigenvalue weighted by Crippen LogP contribution is 2.30. The summed E-state index contributed by atoms with van der Waals surface area (Å²) in [6.07, 6.45) is -6.04. The number of nitro benzene ring substituents is 1. The van der Waals surface area contributed by atoms with E-state index in [1.165, 1.54) is 25.1 Å². The molecular weight excluding hydrogens is 522 g/mol. The van der Waals surface area contributed by atoms with Crippen LogP contribution in [0.4, 0.5) is 10.5 Å². The van der Waals surface area contributed by atoms with Gasteiger partial charge in [-0.25, -0.2) is 9.59 Å². The lowest BCUT2D eigenvalue weighted by atomic mass is 10.0. The first-order chi connectivity index (χ1) is 16.0. The molecule has 0 amide bonds. The number of aromatic nitrogens is 2. The third-order valence-corrected chi connectivity index (χ3v) is 5.93. The summed E-state index contributed by atoms with van der Waals surface area (Å²) in [4.78, 5) is 48.9. The molecule has 0 radical (unpaired) electrons. The van der Waals surface area contributed by atoms with Crippen molar-refractivity contribution in [1.29, 1.82) is 0 Å². The predicted molar refractivity (Wildman–Crippen MR) is 119 cm³/mol. The number of carbonyl (C=O) groups excluding carboxylic acids is 1. The molecule has 0 aliphatic carbocycles. The smallest absolute Gasteiger partial charge is 0.425 e. The fourth-order valence-corrected chi connectivity index (χ4v) is 3.97. The van der Waals surface area contributed by atoms with Gasteiger partial charge in [-0.15, -0.1) is 0 Å². The molecule has 0 bridgehead atoms. The highest BCUT2D eigenvalue weighted by Gasteiger charge is 2.44. The molecule has 13 nitrogen and oxygen atoms in total. The third kappa shape index (κ3) is 4.81. The van der Waals surface area contributed by atoms with Crippen LogP contribution in [0.1, 0.15) is 30.2 Å². The first-order valence-corrected chi connectivity index (χ1v) is 10.8. The molecule has 1 fully saturated rings. The second kappa shape index (κ2) is 10.1. The van der Waals surface area contributed by atoms with Crippen molar-refractivity contribution >= 4 is 27.7 Å². The molecule has 3 N–H and O–H groups in total. The molecule has 5 atom stereocenters. The molecule has 3 rings (SSSR count). The van der Waals surface area contributed by atoms with Crippen molar-refractivity contribution in [3.8, 4) is 0 Å². The third-order valence-electron chi connectivity index (χ3n) is 5.43. The molecule has 2 heterocycles. The fraction of sp³-hybridized carbons (Fsp3) is 0.450. The summed E-state index contributed by atoms with van der Waals surface area (Å²) in [6, 6.07) is 4.29. The maximum atomic E-state index is 12.9. The van der Waals surface area contributed by atoms with Crippen LogP contribution in [0, 0.1) is 17.0 Å². The van der Waals surface area contributed by atoms with Crippen molar-refractivity contribution < 1.29 is 34.5 Å². The van der Waals surface area contributed by atoms with E-state index in [0.29, 0.717) is 4.47 Å². The number of aryl methyl sites for hydroxylation is 1. The zero-order chi connectivity index (χ0) is 25.3. The van der Waals surface area contributed by atoms with E-state index in [1.54, 1.807) is 6.92 Å². The molecule has 0 saturated carbocycles. The Hall–Kier alpha value is -2.91. The van der Waals surface area contributed by atoms with Gasteiger partial charge in [-0.05, 0) is 19.1 Å². The Morgan fingerprint density at radius 1 is 1.32 bits per heavy atom. The van der Waals surface area contributed by atoms with Crippen LogP contribution in [-0.2, 0) is 9.47 Å². The monoisotopic (exact) mass is 543 g/mol. The van der Waals surface area contributed by atoms with Crippen LogP contribution in [0.15, 0.2) is 38.5 Å². The molecule has 14 heteroatoms. The molecular formula is C20H22BrN3O10. The number of nitrogens with zero attached hydrogens (tertiary/aromatic N) is 3. The number of halogens is 1. The van der Waals surface area contributed by atoms with Crippen molar-refractivity contribution in [2.45, 2.75) is 44.3 Å². The van der Waals surface area contributed by atoms with Gasteiger partial charge in [0.25, 0.3) is 11.2 Å². The Morgan fingerprint density at radius 3 is 2.59 bits per heavy atom. The van der Waals surface area contributed by atoms with Gasteiger partial charge < -0.3 is 24.8 Å². The number of ether oxygens (including phenoxy) is 2. The second-order valence-corrected chi connectivity index (χ2v) is 8.73. The van der Waals surface area contributed by atoms with Gasteiger partial charge in [-0.3, -0.25) is 19.5 Å². The number of rotatable bonds is 6. The topological polar surface area (TPSA) is 183 Å². The van der Waals surface area contributed by atoms with Gasteiger partial charge in [-0.2, -0.15) is 4.57 Å². The number of aliphatic hydroxyl groups excluding tert-OH is 3. The van der Waals surface area contributed by atoms with Gasteiger partial charge in [0, 0.05) is 33.8 Å². The number of aliphatic hydroxyl groups is 3. The van der Waals surface area contributed by atoms with Gasteiger partial charge in [0.2, 0.25) is 0 Å². The van der Waals surface area contributed by atoms with Gasteiger partial charge in [0.15, 0.2) is 6.23 Å². The van der Waals surface area contributed by atoms with Crippen LogP contribution in [-0.4, -0.2) is 67.0 Å². The fourth-order valence-electron chi connectivity index (χ4n) is 3.59. The summed E-state index contributed by atoms with van der Waals surface area (Å²) in [5.74, 6) is -0.662. The molecule has 34 heavy (non-hydrogen) atoms. The molecule has 1 aromatic heterocycles. The summed E-state index contributed by atoms with van der Waals surface area (Å²) in [6.45, 7) is 1.86. The van der Waals surface area contributed by atoms with Crippen LogP contribution < -0.4 is 11.2 Å². The van der Waals surface area contributed by atoms with E-state index in [2.05, 4.69) is 15.9 Å². The Kier molecular flexibility index (Phi) is 7.67. The lowest BCUT2D eigenvalue weighted by Crippen LogP contribution is -2.47. The number of hydrogen-bond acceptors (Lipinski definition) is 10. The van der Waals surface area contributed by atoms with Crippen LogP contribution in [0.25, 0.3) is 0 Å². The zero-order valence-corrected chi connectivity index (χ0v) is 19.6. The van der Waals surface area contributed by atoms with Crippen molar-refractivity contribution in [2.75, 3.05) is 13.2 Å². The van der Waals surface area contributed by atoms with Crippen molar-refractivity contribution in [3.63, 3.8) is 0 Å². The largest absolute Gasteiger partial charge is 0.448 e. The van der Waals surface area contributed by atoms with E-state index < -0.39 is 59.3 Å². The average molecular weight is 544 g/mol. The SMILES string of the molecule is Cc1cn([C@@H]2O[C@H](CO)C(O)C2O)c(=O)n(C(=O)OCC(C)c2cc(Br)ccc2[N+](=O)[O-])c1=O. The van der Waals surface area contributed by atoms with Gasteiger partial charge in [-0.1, -0.05) is 22.9 Å². The molecule has 1 aliphatic rings. The lowest BCUT2D eigenvalue weighted by molar-refractivity contribution is -0.385. The summed E-state index contributed by atoms with van der Waals surface area (Å²) >= 11 is 3.23. The van der Waals surface area contributed by atoms with Crippen LogP contribution >= 0.6 is 15.9 Å². The normalized spacial score (nSPS) is 23.0. The van der Waals surface area contributed by atoms with Crippen LogP contribution in [0.2, 0.25) is 0 Å². The van der Waals surface area contributed by atoms with Crippen molar-refractivity contribution in [1.82, 2.24) is 9.13 Å². The lowest BCUT2D eigenvalue weighted by Gasteiger charge is -2.19. The summed E-state index contributed by atoms with van der Waals surface area (Å²) in [5.41, 5.74) is -2.15. The van der Waals surface area contributed by atoms with E-state index in [9.17, 15) is 39.8 Å². The van der Waals surface area contributed by atoms with Crippen LogP contribution in [0.3, 0.4) is 0 Å². The van der Waals surface area contributed by atoms with Crippen molar-refractivity contribution in [3.05, 3.63) is 70.9 Å². The van der Waals surface area contributed by atoms with E-state index in [4.69, 9.17) is 9.47 Å². The minimum absolute atomic E-state index is 0.0648.